The van der Waals surface area contributed by atoms with E-state index in [1.54, 1.807) is 13.8 Å². The Balaban J connectivity index is 3.76. The van der Waals surface area contributed by atoms with Gasteiger partial charge in [-0.15, -0.1) is 11.8 Å². The smallest absolute Gasteiger partial charge is 0.407 e. The van der Waals surface area contributed by atoms with Gasteiger partial charge in [0.05, 0.1) is 18.7 Å². The number of ether oxygens (including phenoxy) is 1. The Hall–Kier alpha value is -0.230. The zero-order valence-electron chi connectivity index (χ0n) is 13.6. The predicted octanol–water partition coefficient (Wildman–Crippen LogP) is 3.86. The molecular weight excluding hydrogens is 313 g/mol. The molecule has 21 heavy (non-hydrogen) atoms. The highest BCUT2D eigenvalue weighted by Gasteiger charge is 2.23. The molecule has 0 fully saturated rings. The maximum atomic E-state index is 12.2. The van der Waals surface area contributed by atoms with Gasteiger partial charge in [-0.1, -0.05) is 0 Å². The standard InChI is InChI=1S/C13H28NO5PS/c1-6-17-20(16,18-7-2)11-21-10-8-9-14-12(15)19-13(3,4)5/h6-11H2,1-5H3,(H,14,15). The van der Waals surface area contributed by atoms with Crippen molar-refractivity contribution >= 4 is 25.5 Å². The molecule has 1 N–H and O–H groups in total. The van der Waals surface area contributed by atoms with Gasteiger partial charge in [-0.25, -0.2) is 4.79 Å². The summed E-state index contributed by atoms with van der Waals surface area (Å²) < 4.78 is 27.7. The van der Waals surface area contributed by atoms with E-state index in [2.05, 4.69) is 5.32 Å². The van der Waals surface area contributed by atoms with Crippen molar-refractivity contribution in [3.05, 3.63) is 0 Å². The van der Waals surface area contributed by atoms with Crippen LogP contribution < -0.4 is 5.32 Å². The summed E-state index contributed by atoms with van der Waals surface area (Å²) in [5.74, 6) is 0.764. The van der Waals surface area contributed by atoms with E-state index in [4.69, 9.17) is 13.8 Å². The highest BCUT2D eigenvalue weighted by Crippen LogP contribution is 2.50. The molecule has 126 valence electrons. The Morgan fingerprint density at radius 2 is 1.76 bits per heavy atom. The highest BCUT2D eigenvalue weighted by atomic mass is 32.2. The summed E-state index contributed by atoms with van der Waals surface area (Å²) in [6, 6.07) is 0. The van der Waals surface area contributed by atoms with Crippen LogP contribution in [0.15, 0.2) is 0 Å². The number of nitrogens with one attached hydrogen (secondary N) is 1. The van der Waals surface area contributed by atoms with Crippen LogP contribution in [-0.4, -0.2) is 42.7 Å². The third-order valence-electron chi connectivity index (χ3n) is 2.03. The van der Waals surface area contributed by atoms with Gasteiger partial charge < -0.3 is 19.1 Å². The van der Waals surface area contributed by atoms with E-state index >= 15 is 0 Å². The maximum absolute atomic E-state index is 12.2. The molecule has 0 aliphatic carbocycles. The Kier molecular flexibility index (Phi) is 10.4. The fraction of sp³-hybridized carbons (Fsp3) is 0.923. The number of hydrogen-bond acceptors (Lipinski definition) is 6. The summed E-state index contributed by atoms with van der Waals surface area (Å²) in [4.78, 5) is 11.4. The van der Waals surface area contributed by atoms with Crippen LogP contribution in [0.25, 0.3) is 0 Å². The second-order valence-electron chi connectivity index (χ2n) is 5.27. The fourth-order valence-electron chi connectivity index (χ4n) is 1.36. The summed E-state index contributed by atoms with van der Waals surface area (Å²) >= 11 is 1.50. The van der Waals surface area contributed by atoms with Crippen molar-refractivity contribution < 1.29 is 23.1 Å². The van der Waals surface area contributed by atoms with Crippen molar-refractivity contribution in [2.75, 3.05) is 31.0 Å². The largest absolute Gasteiger partial charge is 0.444 e. The second kappa shape index (κ2) is 10.5. The average molecular weight is 341 g/mol. The quantitative estimate of drug-likeness (QED) is 0.480. The first-order valence-electron chi connectivity index (χ1n) is 7.15. The Labute approximate surface area is 132 Å². The number of rotatable bonds is 10. The minimum absolute atomic E-state index is 0.334. The summed E-state index contributed by atoms with van der Waals surface area (Å²) in [5.41, 5.74) is -0.151. The van der Waals surface area contributed by atoms with Crippen LogP contribution in [-0.2, 0) is 18.3 Å². The molecule has 0 bridgehead atoms. The van der Waals surface area contributed by atoms with Crippen LogP contribution in [0.5, 0.6) is 0 Å². The number of hydrogen-bond donors (Lipinski definition) is 1. The fourth-order valence-corrected chi connectivity index (χ4v) is 4.58. The van der Waals surface area contributed by atoms with E-state index in [0.29, 0.717) is 25.3 Å². The van der Waals surface area contributed by atoms with E-state index < -0.39 is 19.3 Å². The number of alkyl carbamates (subject to hydrolysis) is 1. The number of carbonyl (C=O) groups is 1. The molecule has 0 spiro atoms. The average Bonchev–Trinajstić information content (AvgIpc) is 2.32. The van der Waals surface area contributed by atoms with Crippen molar-refractivity contribution in [1.29, 1.82) is 0 Å². The summed E-state index contributed by atoms with van der Waals surface area (Å²) in [5, 5.41) is 2.68. The number of amides is 1. The molecule has 0 radical (unpaired) electrons. The normalized spacial score (nSPS) is 12.2. The Morgan fingerprint density at radius 1 is 1.19 bits per heavy atom. The van der Waals surface area contributed by atoms with Crippen molar-refractivity contribution in [2.45, 2.75) is 46.6 Å². The van der Waals surface area contributed by atoms with Crippen LogP contribution in [0.3, 0.4) is 0 Å². The highest BCUT2D eigenvalue weighted by molar-refractivity contribution is 8.04. The molecule has 0 aromatic rings. The minimum Gasteiger partial charge on any atom is -0.444 e. The third-order valence-corrected chi connectivity index (χ3v) is 5.91. The lowest BCUT2D eigenvalue weighted by Crippen LogP contribution is -2.33. The van der Waals surface area contributed by atoms with Gasteiger partial charge in [-0.3, -0.25) is 4.57 Å². The molecule has 6 nitrogen and oxygen atoms in total. The van der Waals surface area contributed by atoms with Gasteiger partial charge in [0, 0.05) is 6.54 Å². The van der Waals surface area contributed by atoms with E-state index in [-0.39, 0.29) is 0 Å². The third kappa shape index (κ3) is 12.0. The molecular formula is C13H28NO5PS. The van der Waals surface area contributed by atoms with E-state index in [1.807, 2.05) is 20.8 Å². The molecule has 0 saturated carbocycles. The molecule has 0 saturated heterocycles. The van der Waals surface area contributed by atoms with Crippen LogP contribution in [0, 0.1) is 0 Å². The zero-order chi connectivity index (χ0) is 16.4. The molecule has 0 unspecified atom stereocenters. The zero-order valence-corrected chi connectivity index (χ0v) is 15.4. The Bertz CT molecular complexity index is 336. The van der Waals surface area contributed by atoms with Crippen LogP contribution >= 0.6 is 19.4 Å². The van der Waals surface area contributed by atoms with E-state index in [1.165, 1.54) is 11.8 Å². The molecule has 0 aromatic heterocycles. The molecule has 0 rings (SSSR count). The number of carbonyl (C=O) groups excluding carboxylic acids is 1. The predicted molar refractivity (Wildman–Crippen MR) is 87.0 cm³/mol. The van der Waals surface area contributed by atoms with Gasteiger partial charge >= 0.3 is 13.7 Å². The SMILES string of the molecule is CCOP(=O)(CSCCCNC(=O)OC(C)(C)C)OCC. The molecule has 0 aromatic carbocycles. The van der Waals surface area contributed by atoms with Crippen LogP contribution in [0.1, 0.15) is 41.0 Å². The van der Waals surface area contributed by atoms with Gasteiger partial charge in [0.2, 0.25) is 0 Å². The van der Waals surface area contributed by atoms with Gasteiger partial charge in [-0.2, -0.15) is 0 Å². The first kappa shape index (κ1) is 20.8. The summed E-state index contributed by atoms with van der Waals surface area (Å²) in [6.45, 7) is 10.3. The van der Waals surface area contributed by atoms with Crippen LogP contribution in [0.2, 0.25) is 0 Å². The molecule has 0 atom stereocenters. The molecule has 8 heteroatoms. The first-order chi connectivity index (χ1) is 9.72. The van der Waals surface area contributed by atoms with E-state index in [9.17, 15) is 9.36 Å². The number of thioether (sulfide) groups is 1. The molecule has 0 aliphatic heterocycles. The molecule has 1 amide bonds. The van der Waals surface area contributed by atoms with Crippen molar-refractivity contribution in [3.63, 3.8) is 0 Å². The van der Waals surface area contributed by atoms with Crippen molar-refractivity contribution in [1.82, 2.24) is 5.32 Å². The van der Waals surface area contributed by atoms with Crippen molar-refractivity contribution in [2.24, 2.45) is 0 Å². The van der Waals surface area contributed by atoms with Crippen molar-refractivity contribution in [3.8, 4) is 0 Å². The van der Waals surface area contributed by atoms with Crippen LogP contribution in [0.4, 0.5) is 4.79 Å². The monoisotopic (exact) mass is 341 g/mol. The Morgan fingerprint density at radius 3 is 2.24 bits per heavy atom. The summed E-state index contributed by atoms with van der Waals surface area (Å²) in [6.07, 6.45) is 0.351. The second-order valence-corrected chi connectivity index (χ2v) is 8.85. The van der Waals surface area contributed by atoms with Gasteiger partial charge in [0.15, 0.2) is 0 Å². The van der Waals surface area contributed by atoms with Gasteiger partial charge in [-0.05, 0) is 46.8 Å². The minimum atomic E-state index is -2.96. The maximum Gasteiger partial charge on any atom is 0.407 e. The summed E-state index contributed by atoms with van der Waals surface area (Å²) in [7, 11) is -2.96. The molecule has 0 heterocycles. The van der Waals surface area contributed by atoms with Gasteiger partial charge in [0.25, 0.3) is 0 Å². The topological polar surface area (TPSA) is 73.9 Å². The lowest BCUT2D eigenvalue weighted by Gasteiger charge is -2.19. The van der Waals surface area contributed by atoms with E-state index in [0.717, 1.165) is 12.2 Å². The van der Waals surface area contributed by atoms with Gasteiger partial charge in [0.1, 0.15) is 5.60 Å². The molecule has 0 aliphatic rings. The lowest BCUT2D eigenvalue weighted by atomic mass is 10.2. The first-order valence-corrected chi connectivity index (χ1v) is 10.0. The lowest BCUT2D eigenvalue weighted by molar-refractivity contribution is 0.0528.